The molecule has 2 saturated heterocycles. The average Bonchev–Trinajstić information content (AvgIpc) is 2.35. The topological polar surface area (TPSA) is 57.7 Å². The Kier molecular flexibility index (Phi) is 3.26. The molecule has 1 amide bonds. The van der Waals surface area contributed by atoms with Crippen LogP contribution in [0.4, 0.5) is 13.2 Å². The van der Waals surface area contributed by atoms with Gasteiger partial charge in [0.25, 0.3) is 0 Å². The predicted octanol–water partition coefficient (Wildman–Crippen LogP) is 1.17. The van der Waals surface area contributed by atoms with Crippen LogP contribution in [0.1, 0.15) is 5.56 Å². The lowest BCUT2D eigenvalue weighted by molar-refractivity contribution is -0.138. The summed E-state index contributed by atoms with van der Waals surface area (Å²) in [5, 5.41) is 0. The molecule has 3 rings (SSSR count). The van der Waals surface area contributed by atoms with Gasteiger partial charge in [0.1, 0.15) is 0 Å². The molecule has 5 nitrogen and oxygen atoms in total. The first-order valence-corrected chi connectivity index (χ1v) is 7.97. The van der Waals surface area contributed by atoms with Crippen molar-refractivity contribution in [2.24, 2.45) is 5.41 Å². The Balaban J connectivity index is 1.77. The molecule has 0 unspecified atom stereocenters. The third-order valence-corrected chi connectivity index (χ3v) is 5.84. The fourth-order valence-electron chi connectivity index (χ4n) is 2.94. The van der Waals surface area contributed by atoms with Crippen LogP contribution >= 0.6 is 0 Å². The second kappa shape index (κ2) is 4.69. The minimum Gasteiger partial charge on any atom is -0.344 e. The van der Waals surface area contributed by atoms with Gasteiger partial charge in [0.2, 0.25) is 16.4 Å². The SMILES string of the molecule is O=CN1CC2(C1)CN(S(=O)(=O)c1cccc(C(F)(F)F)c1)C2. The smallest absolute Gasteiger partial charge is 0.344 e. The molecule has 120 valence electrons. The number of carbonyl (C=O) groups is 1. The number of rotatable bonds is 3. The first kappa shape index (κ1) is 15.3. The standard InChI is InChI=1S/C13H13F3N2O3S/c14-13(15,16)10-2-1-3-11(4-10)22(20,21)18-7-12(8-18)5-17(6-12)9-19/h1-4,9H,5-8H2. The molecular formula is C13H13F3N2O3S. The van der Waals surface area contributed by atoms with E-state index < -0.39 is 21.8 Å². The van der Waals surface area contributed by atoms with E-state index in [4.69, 9.17) is 0 Å². The van der Waals surface area contributed by atoms with Crippen molar-refractivity contribution in [2.75, 3.05) is 26.2 Å². The van der Waals surface area contributed by atoms with Crippen LogP contribution in [0.25, 0.3) is 0 Å². The summed E-state index contributed by atoms with van der Waals surface area (Å²) in [6, 6.07) is 3.74. The van der Waals surface area contributed by atoms with Gasteiger partial charge in [-0.25, -0.2) is 8.42 Å². The van der Waals surface area contributed by atoms with Gasteiger partial charge in [-0.05, 0) is 18.2 Å². The number of hydrogen-bond donors (Lipinski definition) is 0. The van der Waals surface area contributed by atoms with E-state index in [0.717, 1.165) is 22.5 Å². The molecule has 0 bridgehead atoms. The number of alkyl halides is 3. The summed E-state index contributed by atoms with van der Waals surface area (Å²) < 4.78 is 63.9. The maximum absolute atomic E-state index is 12.7. The van der Waals surface area contributed by atoms with Crippen molar-refractivity contribution in [2.45, 2.75) is 11.1 Å². The van der Waals surface area contributed by atoms with Crippen molar-refractivity contribution in [3.05, 3.63) is 29.8 Å². The molecule has 22 heavy (non-hydrogen) atoms. The van der Waals surface area contributed by atoms with Crippen LogP contribution in [-0.2, 0) is 21.0 Å². The molecule has 0 saturated carbocycles. The highest BCUT2D eigenvalue weighted by molar-refractivity contribution is 7.89. The molecule has 0 aliphatic carbocycles. The van der Waals surface area contributed by atoms with Crippen LogP contribution in [0.15, 0.2) is 29.2 Å². The van der Waals surface area contributed by atoms with Gasteiger partial charge in [0.15, 0.2) is 0 Å². The van der Waals surface area contributed by atoms with Gasteiger partial charge in [-0.3, -0.25) is 4.79 Å². The van der Waals surface area contributed by atoms with E-state index in [0.29, 0.717) is 25.6 Å². The molecule has 2 aliphatic heterocycles. The van der Waals surface area contributed by atoms with Gasteiger partial charge < -0.3 is 4.90 Å². The van der Waals surface area contributed by atoms with Crippen LogP contribution in [-0.4, -0.2) is 50.2 Å². The number of carbonyl (C=O) groups excluding carboxylic acids is 1. The molecule has 1 aromatic rings. The lowest BCUT2D eigenvalue weighted by Crippen LogP contribution is -2.72. The average molecular weight is 334 g/mol. The van der Waals surface area contributed by atoms with E-state index >= 15 is 0 Å². The van der Waals surface area contributed by atoms with Crippen molar-refractivity contribution >= 4 is 16.4 Å². The zero-order chi connectivity index (χ0) is 16.2. The van der Waals surface area contributed by atoms with E-state index in [9.17, 15) is 26.4 Å². The molecule has 1 aromatic carbocycles. The lowest BCUT2D eigenvalue weighted by Gasteiger charge is -2.58. The van der Waals surface area contributed by atoms with Crippen LogP contribution < -0.4 is 0 Å². The van der Waals surface area contributed by atoms with Crippen LogP contribution in [0, 0.1) is 5.41 Å². The molecule has 0 atom stereocenters. The first-order valence-electron chi connectivity index (χ1n) is 6.53. The van der Waals surface area contributed by atoms with Crippen molar-refractivity contribution in [3.8, 4) is 0 Å². The summed E-state index contributed by atoms with van der Waals surface area (Å²) in [7, 11) is -3.93. The second-order valence-corrected chi connectivity index (χ2v) is 7.75. The summed E-state index contributed by atoms with van der Waals surface area (Å²) in [5.41, 5.74) is -1.21. The maximum Gasteiger partial charge on any atom is 0.416 e. The molecule has 2 fully saturated rings. The normalized spacial score (nSPS) is 21.3. The summed E-state index contributed by atoms with van der Waals surface area (Å²) in [5.74, 6) is 0. The molecule has 0 N–H and O–H groups in total. The molecule has 0 aromatic heterocycles. The Hall–Kier alpha value is -1.61. The maximum atomic E-state index is 12.7. The van der Waals surface area contributed by atoms with E-state index in [1.807, 2.05) is 0 Å². The van der Waals surface area contributed by atoms with Gasteiger partial charge in [-0.15, -0.1) is 0 Å². The highest BCUT2D eigenvalue weighted by atomic mass is 32.2. The molecule has 9 heteroatoms. The second-order valence-electron chi connectivity index (χ2n) is 5.81. The highest BCUT2D eigenvalue weighted by Crippen LogP contribution is 2.42. The first-order chi connectivity index (χ1) is 10.2. The number of amides is 1. The quantitative estimate of drug-likeness (QED) is 0.780. The summed E-state index contributed by atoms with van der Waals surface area (Å²) in [4.78, 5) is 11.7. The minimum absolute atomic E-state index is 0.227. The number of hydrogen-bond acceptors (Lipinski definition) is 3. The Morgan fingerprint density at radius 2 is 1.77 bits per heavy atom. The van der Waals surface area contributed by atoms with Crippen molar-refractivity contribution in [1.29, 1.82) is 0 Å². The van der Waals surface area contributed by atoms with E-state index in [2.05, 4.69) is 0 Å². The minimum atomic E-state index is -4.58. The highest BCUT2D eigenvalue weighted by Gasteiger charge is 2.55. The third kappa shape index (κ3) is 2.38. The molecule has 0 radical (unpaired) electrons. The van der Waals surface area contributed by atoms with Crippen molar-refractivity contribution in [3.63, 3.8) is 0 Å². The molecular weight excluding hydrogens is 321 g/mol. The van der Waals surface area contributed by atoms with Crippen molar-refractivity contribution in [1.82, 2.24) is 9.21 Å². The zero-order valence-corrected chi connectivity index (χ0v) is 12.2. The number of halogens is 3. The van der Waals surface area contributed by atoms with Gasteiger partial charge >= 0.3 is 6.18 Å². The van der Waals surface area contributed by atoms with Crippen LogP contribution in [0.5, 0.6) is 0 Å². The monoisotopic (exact) mass is 334 g/mol. The van der Waals surface area contributed by atoms with Crippen LogP contribution in [0.2, 0.25) is 0 Å². The summed E-state index contributed by atoms with van der Waals surface area (Å²) >= 11 is 0. The third-order valence-electron chi connectivity index (χ3n) is 4.05. The van der Waals surface area contributed by atoms with Gasteiger partial charge in [0, 0.05) is 31.6 Å². The van der Waals surface area contributed by atoms with E-state index in [1.165, 1.54) is 4.90 Å². The molecule has 1 spiro atoms. The van der Waals surface area contributed by atoms with Crippen LogP contribution in [0.3, 0.4) is 0 Å². The largest absolute Gasteiger partial charge is 0.416 e. The number of sulfonamides is 1. The number of benzene rings is 1. The Labute approximate surface area is 125 Å². The van der Waals surface area contributed by atoms with Gasteiger partial charge in [0.05, 0.1) is 10.5 Å². The predicted molar refractivity (Wildman–Crippen MR) is 70.3 cm³/mol. The van der Waals surface area contributed by atoms with E-state index in [1.54, 1.807) is 0 Å². The summed E-state index contributed by atoms with van der Waals surface area (Å²) in [6.07, 6.45) is -3.88. The summed E-state index contributed by atoms with van der Waals surface area (Å²) in [6.45, 7) is 1.45. The van der Waals surface area contributed by atoms with E-state index in [-0.39, 0.29) is 23.4 Å². The van der Waals surface area contributed by atoms with Gasteiger partial charge in [-0.1, -0.05) is 6.07 Å². The van der Waals surface area contributed by atoms with Gasteiger partial charge in [-0.2, -0.15) is 17.5 Å². The zero-order valence-electron chi connectivity index (χ0n) is 11.4. The van der Waals surface area contributed by atoms with Crippen molar-refractivity contribution < 1.29 is 26.4 Å². The lowest BCUT2D eigenvalue weighted by atomic mass is 9.75. The Bertz CT molecular complexity index is 703. The molecule has 2 heterocycles. The fraction of sp³-hybridized carbons (Fsp3) is 0.462. The number of likely N-dealkylation sites (tertiary alicyclic amines) is 1. The Morgan fingerprint density at radius 3 is 2.32 bits per heavy atom. The Morgan fingerprint density at radius 1 is 1.14 bits per heavy atom. The molecule has 2 aliphatic rings. The number of nitrogens with zero attached hydrogens (tertiary/aromatic N) is 2. The fourth-order valence-corrected chi connectivity index (χ4v) is 4.66.